The van der Waals surface area contributed by atoms with Crippen molar-refractivity contribution in [3.05, 3.63) is 0 Å². The van der Waals surface area contributed by atoms with E-state index < -0.39 is 0 Å². The van der Waals surface area contributed by atoms with Crippen LogP contribution in [0.3, 0.4) is 0 Å². The van der Waals surface area contributed by atoms with E-state index in [9.17, 15) is 4.79 Å². The lowest BCUT2D eigenvalue weighted by atomic mass is 10.3. The minimum Gasteiger partial charge on any atom is -0.343 e. The van der Waals surface area contributed by atoms with Crippen LogP contribution in [0.2, 0.25) is 0 Å². The van der Waals surface area contributed by atoms with Crippen LogP contribution >= 0.6 is 0 Å². The summed E-state index contributed by atoms with van der Waals surface area (Å²) in [6.45, 7) is 10.7. The largest absolute Gasteiger partial charge is 0.343 e. The van der Waals surface area contributed by atoms with Crippen LogP contribution in [0.5, 0.6) is 0 Å². The Hall–Kier alpha value is -0.730. The third kappa shape index (κ3) is 16.1. The fourth-order valence-corrected chi connectivity index (χ4v) is 2.38. The molecule has 0 saturated heterocycles. The summed E-state index contributed by atoms with van der Waals surface area (Å²) in [6.07, 6.45) is 5.16. The topological polar surface area (TPSA) is 108 Å². The highest BCUT2D eigenvalue weighted by atomic mass is 16.2. The molecule has 0 aliphatic heterocycles. The average Bonchev–Trinajstić information content (AvgIpc) is 2.57. The van der Waals surface area contributed by atoms with Crippen LogP contribution in [0, 0.1) is 0 Å². The lowest BCUT2D eigenvalue weighted by Crippen LogP contribution is -2.34. The first-order valence-electron chi connectivity index (χ1n) is 9.50. The van der Waals surface area contributed by atoms with Crippen molar-refractivity contribution >= 4 is 5.91 Å². The molecule has 7 N–H and O–H groups in total. The van der Waals surface area contributed by atoms with E-state index in [2.05, 4.69) is 16.0 Å². The molecule has 0 spiro atoms. The van der Waals surface area contributed by atoms with Gasteiger partial charge in [-0.3, -0.25) is 4.79 Å². The minimum absolute atomic E-state index is 0.168. The number of hydrogen-bond donors (Lipinski definition) is 5. The van der Waals surface area contributed by atoms with Gasteiger partial charge in [-0.15, -0.1) is 0 Å². The van der Waals surface area contributed by atoms with Crippen molar-refractivity contribution in [1.82, 2.24) is 20.9 Å². The van der Waals surface area contributed by atoms with Crippen molar-refractivity contribution in [3.8, 4) is 0 Å². The zero-order valence-electron chi connectivity index (χ0n) is 15.6. The molecule has 0 heterocycles. The Labute approximate surface area is 148 Å². The van der Waals surface area contributed by atoms with Crippen LogP contribution in [-0.2, 0) is 4.79 Å². The van der Waals surface area contributed by atoms with E-state index in [-0.39, 0.29) is 5.91 Å². The molecule has 0 aromatic carbocycles. The average molecular weight is 345 g/mol. The maximum absolute atomic E-state index is 11.7. The van der Waals surface area contributed by atoms with Gasteiger partial charge in [-0.25, -0.2) is 0 Å². The maximum Gasteiger partial charge on any atom is 0.219 e. The Balaban J connectivity index is 3.46. The molecule has 0 atom stereocenters. The van der Waals surface area contributed by atoms with Gasteiger partial charge in [0.2, 0.25) is 5.91 Å². The fraction of sp³-hybridized carbons (Fsp3) is 0.941. The number of carbonyl (C=O) groups is 1. The molecule has 1 amide bonds. The van der Waals surface area contributed by atoms with Crippen molar-refractivity contribution < 1.29 is 4.79 Å². The molecule has 0 unspecified atom stereocenters. The third-order valence-electron chi connectivity index (χ3n) is 3.83. The summed E-state index contributed by atoms with van der Waals surface area (Å²) >= 11 is 0. The maximum atomic E-state index is 11.7. The molecule has 7 heteroatoms. The number of amides is 1. The second-order valence-electron chi connectivity index (χ2n) is 6.10. The predicted molar refractivity (Wildman–Crippen MR) is 102 cm³/mol. The molecule has 0 rings (SSSR count). The van der Waals surface area contributed by atoms with Crippen molar-refractivity contribution in [2.75, 3.05) is 65.4 Å². The highest BCUT2D eigenvalue weighted by Crippen LogP contribution is 1.95. The van der Waals surface area contributed by atoms with Crippen molar-refractivity contribution in [3.63, 3.8) is 0 Å². The van der Waals surface area contributed by atoms with Crippen LogP contribution in [0.4, 0.5) is 0 Å². The van der Waals surface area contributed by atoms with E-state index in [0.717, 1.165) is 97.6 Å². The fourth-order valence-electron chi connectivity index (χ4n) is 2.38. The SMILES string of the molecule is CC(=O)N(CCCNCCCN)CCCNCCCNCCCN. The summed E-state index contributed by atoms with van der Waals surface area (Å²) in [7, 11) is 0. The van der Waals surface area contributed by atoms with Crippen molar-refractivity contribution in [2.45, 2.75) is 39.0 Å². The molecule has 0 aliphatic carbocycles. The summed E-state index contributed by atoms with van der Waals surface area (Å²) in [5.74, 6) is 0.168. The zero-order valence-corrected chi connectivity index (χ0v) is 15.6. The molecule has 0 fully saturated rings. The van der Waals surface area contributed by atoms with Gasteiger partial charge < -0.3 is 32.3 Å². The third-order valence-corrected chi connectivity index (χ3v) is 3.83. The first-order valence-corrected chi connectivity index (χ1v) is 9.50. The summed E-state index contributed by atoms with van der Waals surface area (Å²) in [6, 6.07) is 0. The Morgan fingerprint density at radius 1 is 0.708 bits per heavy atom. The zero-order chi connectivity index (χ0) is 17.9. The molecule has 0 saturated carbocycles. The van der Waals surface area contributed by atoms with E-state index in [1.54, 1.807) is 6.92 Å². The lowest BCUT2D eigenvalue weighted by molar-refractivity contribution is -0.128. The number of rotatable bonds is 18. The highest BCUT2D eigenvalue weighted by molar-refractivity contribution is 5.73. The molecule has 24 heavy (non-hydrogen) atoms. The Morgan fingerprint density at radius 3 is 1.46 bits per heavy atom. The van der Waals surface area contributed by atoms with E-state index in [1.807, 2.05) is 4.90 Å². The minimum atomic E-state index is 0.168. The quantitative estimate of drug-likeness (QED) is 0.214. The molecule has 0 bridgehead atoms. The van der Waals surface area contributed by atoms with Gasteiger partial charge in [-0.2, -0.15) is 0 Å². The number of nitrogens with zero attached hydrogens (tertiary/aromatic N) is 1. The highest BCUT2D eigenvalue weighted by Gasteiger charge is 2.07. The van der Waals surface area contributed by atoms with Crippen LogP contribution < -0.4 is 27.4 Å². The van der Waals surface area contributed by atoms with Gasteiger partial charge in [0, 0.05) is 20.0 Å². The number of carbonyl (C=O) groups excluding carboxylic acids is 1. The van der Waals surface area contributed by atoms with Crippen molar-refractivity contribution in [2.24, 2.45) is 11.5 Å². The summed E-state index contributed by atoms with van der Waals surface area (Å²) < 4.78 is 0. The van der Waals surface area contributed by atoms with Crippen molar-refractivity contribution in [1.29, 1.82) is 0 Å². The molecule has 0 aliphatic rings. The number of nitrogens with two attached hydrogens (primary N) is 2. The molecular weight excluding hydrogens is 304 g/mol. The number of nitrogens with one attached hydrogen (secondary N) is 3. The summed E-state index contributed by atoms with van der Waals surface area (Å²) in [5, 5.41) is 10.1. The van der Waals surface area contributed by atoms with E-state index in [0.29, 0.717) is 0 Å². The lowest BCUT2D eigenvalue weighted by Gasteiger charge is -2.21. The predicted octanol–water partition coefficient (Wildman–Crippen LogP) is -0.528. The normalized spacial score (nSPS) is 11.0. The van der Waals surface area contributed by atoms with Crippen LogP contribution in [-0.4, -0.2) is 76.3 Å². The van der Waals surface area contributed by atoms with Gasteiger partial charge in [0.1, 0.15) is 0 Å². The standard InChI is InChI=1S/C17H40N6O/c1-17(24)23(15-5-13-21-10-3-8-19)16-6-14-22-12-4-11-20-9-2-7-18/h20-22H,2-16,18-19H2,1H3. The molecule has 0 radical (unpaired) electrons. The van der Waals surface area contributed by atoms with Crippen LogP contribution in [0.25, 0.3) is 0 Å². The van der Waals surface area contributed by atoms with Gasteiger partial charge in [-0.05, 0) is 84.5 Å². The van der Waals surface area contributed by atoms with Gasteiger partial charge >= 0.3 is 0 Å². The van der Waals surface area contributed by atoms with Crippen LogP contribution in [0.15, 0.2) is 0 Å². The molecule has 7 nitrogen and oxygen atoms in total. The Bertz CT molecular complexity index is 278. The smallest absolute Gasteiger partial charge is 0.219 e. The molecule has 0 aromatic rings. The van der Waals surface area contributed by atoms with E-state index >= 15 is 0 Å². The second-order valence-corrected chi connectivity index (χ2v) is 6.10. The summed E-state index contributed by atoms with van der Waals surface area (Å²) in [4.78, 5) is 13.6. The van der Waals surface area contributed by atoms with Crippen LogP contribution in [0.1, 0.15) is 39.0 Å². The monoisotopic (exact) mass is 344 g/mol. The van der Waals surface area contributed by atoms with E-state index in [1.165, 1.54) is 0 Å². The Morgan fingerprint density at radius 2 is 1.08 bits per heavy atom. The van der Waals surface area contributed by atoms with Gasteiger partial charge in [0.25, 0.3) is 0 Å². The van der Waals surface area contributed by atoms with Gasteiger partial charge in [0.05, 0.1) is 0 Å². The molecule has 144 valence electrons. The molecular formula is C17H40N6O. The summed E-state index contributed by atoms with van der Waals surface area (Å²) in [5.41, 5.74) is 10.9. The first kappa shape index (κ1) is 23.3. The first-order chi connectivity index (χ1) is 11.7. The second kappa shape index (κ2) is 18.6. The van der Waals surface area contributed by atoms with E-state index in [4.69, 9.17) is 11.5 Å². The number of hydrogen-bond acceptors (Lipinski definition) is 6. The van der Waals surface area contributed by atoms with Gasteiger partial charge in [0.15, 0.2) is 0 Å². The Kier molecular flexibility index (Phi) is 18.0. The molecule has 0 aromatic heterocycles. The van der Waals surface area contributed by atoms with Gasteiger partial charge in [-0.1, -0.05) is 0 Å².